The summed E-state index contributed by atoms with van der Waals surface area (Å²) < 4.78 is 2.87. The molecule has 3 aromatic rings. The molecule has 0 aliphatic carbocycles. The van der Waals surface area contributed by atoms with E-state index in [9.17, 15) is 5.26 Å². The minimum Gasteiger partial charge on any atom is -0.353 e. The van der Waals surface area contributed by atoms with Gasteiger partial charge in [-0.2, -0.15) is 5.26 Å². The van der Waals surface area contributed by atoms with Crippen LogP contribution >= 0.6 is 15.9 Å². The lowest BCUT2D eigenvalue weighted by atomic mass is 10.2. The molecule has 0 bridgehead atoms. The molecule has 0 spiro atoms. The van der Waals surface area contributed by atoms with Crippen LogP contribution in [0.15, 0.2) is 53.1 Å². The second-order valence-corrected chi connectivity index (χ2v) is 5.63. The summed E-state index contributed by atoms with van der Waals surface area (Å²) in [7, 11) is 1.95. The number of anilines is 1. The lowest BCUT2D eigenvalue weighted by molar-refractivity contribution is 0.898. The maximum Gasteiger partial charge on any atom is 0.169 e. The topological polar surface area (TPSA) is 44.3 Å². The number of halogens is 1. The van der Waals surface area contributed by atoms with Gasteiger partial charge < -0.3 is 4.90 Å². The third kappa shape index (κ3) is 2.50. The number of nitrogens with zero attached hydrogens (tertiary/aromatic N) is 4. The standard InChI is InChI=1S/C16H13BrN4/c1-20(11-12-6-2-3-7-13(12)17)16-14(10-18)21-9-5-4-8-15(21)19-16/h2-9H,11H2,1H3. The molecule has 0 saturated heterocycles. The van der Waals surface area contributed by atoms with E-state index >= 15 is 0 Å². The first-order chi connectivity index (χ1) is 10.2. The van der Waals surface area contributed by atoms with Crippen molar-refractivity contribution in [2.75, 3.05) is 11.9 Å². The molecule has 0 radical (unpaired) electrons. The lowest BCUT2D eigenvalue weighted by Gasteiger charge is -2.17. The van der Waals surface area contributed by atoms with E-state index in [1.807, 2.05) is 58.9 Å². The highest BCUT2D eigenvalue weighted by molar-refractivity contribution is 9.10. The summed E-state index contributed by atoms with van der Waals surface area (Å²) in [5, 5.41) is 9.43. The molecule has 2 aromatic heterocycles. The Morgan fingerprint density at radius 1 is 1.24 bits per heavy atom. The maximum absolute atomic E-state index is 9.43. The maximum atomic E-state index is 9.43. The largest absolute Gasteiger partial charge is 0.353 e. The van der Waals surface area contributed by atoms with E-state index in [2.05, 4.69) is 33.0 Å². The highest BCUT2D eigenvalue weighted by Gasteiger charge is 2.16. The van der Waals surface area contributed by atoms with Crippen LogP contribution in [-0.2, 0) is 6.54 Å². The van der Waals surface area contributed by atoms with Crippen LogP contribution < -0.4 is 4.90 Å². The fourth-order valence-corrected chi connectivity index (χ4v) is 2.72. The SMILES string of the molecule is CN(Cc1ccccc1Br)c1nc2ccccn2c1C#N. The van der Waals surface area contributed by atoms with E-state index in [0.29, 0.717) is 18.1 Å². The number of nitriles is 1. The molecule has 2 heterocycles. The van der Waals surface area contributed by atoms with Gasteiger partial charge in [0.25, 0.3) is 0 Å². The van der Waals surface area contributed by atoms with Gasteiger partial charge in [-0.3, -0.25) is 4.40 Å². The fraction of sp³-hybridized carbons (Fsp3) is 0.125. The average molecular weight is 341 g/mol. The highest BCUT2D eigenvalue weighted by Crippen LogP contribution is 2.24. The van der Waals surface area contributed by atoms with E-state index in [-0.39, 0.29) is 0 Å². The minimum atomic E-state index is 0.556. The number of hydrogen-bond acceptors (Lipinski definition) is 3. The van der Waals surface area contributed by atoms with Crippen molar-refractivity contribution in [3.05, 3.63) is 64.4 Å². The van der Waals surface area contributed by atoms with Crippen LogP contribution in [0.3, 0.4) is 0 Å². The Morgan fingerprint density at radius 3 is 2.76 bits per heavy atom. The van der Waals surface area contributed by atoms with Crippen LogP contribution in [-0.4, -0.2) is 16.4 Å². The first kappa shape index (κ1) is 13.7. The van der Waals surface area contributed by atoms with Crippen LogP contribution in [0.2, 0.25) is 0 Å². The van der Waals surface area contributed by atoms with Crippen molar-refractivity contribution in [3.63, 3.8) is 0 Å². The zero-order valence-electron chi connectivity index (χ0n) is 11.5. The Hall–Kier alpha value is -2.32. The molecule has 104 valence electrons. The molecule has 0 unspecified atom stereocenters. The molecule has 0 aliphatic rings. The monoisotopic (exact) mass is 340 g/mol. The summed E-state index contributed by atoms with van der Waals surface area (Å²) in [6.45, 7) is 0.681. The molecule has 21 heavy (non-hydrogen) atoms. The molecular weight excluding hydrogens is 328 g/mol. The van der Waals surface area contributed by atoms with Gasteiger partial charge in [0.15, 0.2) is 11.5 Å². The quantitative estimate of drug-likeness (QED) is 0.731. The number of hydrogen-bond donors (Lipinski definition) is 0. The second kappa shape index (κ2) is 5.58. The molecule has 0 fully saturated rings. The minimum absolute atomic E-state index is 0.556. The van der Waals surface area contributed by atoms with Gasteiger partial charge in [0, 0.05) is 24.3 Å². The molecule has 5 heteroatoms. The van der Waals surface area contributed by atoms with Crippen molar-refractivity contribution in [3.8, 4) is 6.07 Å². The predicted octanol–water partition coefficient (Wildman–Crippen LogP) is 3.60. The van der Waals surface area contributed by atoms with Gasteiger partial charge >= 0.3 is 0 Å². The molecule has 1 aromatic carbocycles. The van der Waals surface area contributed by atoms with Gasteiger partial charge in [-0.25, -0.2) is 4.98 Å². The summed E-state index contributed by atoms with van der Waals surface area (Å²) in [5.74, 6) is 0.694. The van der Waals surface area contributed by atoms with Crippen molar-refractivity contribution in [2.24, 2.45) is 0 Å². The number of fused-ring (bicyclic) bond motifs is 1. The molecule has 0 N–H and O–H groups in total. The zero-order valence-corrected chi connectivity index (χ0v) is 13.1. The second-order valence-electron chi connectivity index (χ2n) is 4.77. The van der Waals surface area contributed by atoms with E-state index in [0.717, 1.165) is 15.7 Å². The molecule has 3 rings (SSSR count). The van der Waals surface area contributed by atoms with Gasteiger partial charge in [0.2, 0.25) is 0 Å². The molecule has 0 saturated carbocycles. The molecule has 4 nitrogen and oxygen atoms in total. The van der Waals surface area contributed by atoms with Gasteiger partial charge in [-0.05, 0) is 23.8 Å². The van der Waals surface area contributed by atoms with E-state index < -0.39 is 0 Å². The predicted molar refractivity (Wildman–Crippen MR) is 86.2 cm³/mol. The number of pyridine rings is 1. The highest BCUT2D eigenvalue weighted by atomic mass is 79.9. The van der Waals surface area contributed by atoms with E-state index in [1.165, 1.54) is 0 Å². The Morgan fingerprint density at radius 2 is 2.00 bits per heavy atom. The summed E-state index contributed by atoms with van der Waals surface area (Å²) in [5.41, 5.74) is 2.49. The van der Waals surface area contributed by atoms with Gasteiger partial charge in [-0.1, -0.05) is 40.2 Å². The van der Waals surface area contributed by atoms with Gasteiger partial charge in [0.1, 0.15) is 11.7 Å². The van der Waals surface area contributed by atoms with Crippen molar-refractivity contribution in [2.45, 2.75) is 6.54 Å². The van der Waals surface area contributed by atoms with Crippen molar-refractivity contribution in [1.29, 1.82) is 5.26 Å². The van der Waals surface area contributed by atoms with Gasteiger partial charge in [-0.15, -0.1) is 0 Å². The number of rotatable bonds is 3. The lowest BCUT2D eigenvalue weighted by Crippen LogP contribution is -2.18. The molecule has 0 amide bonds. The van der Waals surface area contributed by atoms with Crippen LogP contribution in [0.5, 0.6) is 0 Å². The first-order valence-corrected chi connectivity index (χ1v) is 7.31. The van der Waals surface area contributed by atoms with Crippen LogP contribution in [0.4, 0.5) is 5.82 Å². The van der Waals surface area contributed by atoms with Crippen LogP contribution in [0, 0.1) is 11.3 Å². The number of aromatic nitrogens is 2. The van der Waals surface area contributed by atoms with Crippen molar-refractivity contribution in [1.82, 2.24) is 9.38 Å². The molecular formula is C16H13BrN4. The molecule has 0 aliphatic heterocycles. The summed E-state index contributed by atoms with van der Waals surface area (Å²) in [4.78, 5) is 6.55. The zero-order chi connectivity index (χ0) is 14.8. The van der Waals surface area contributed by atoms with Crippen molar-refractivity contribution >= 4 is 27.4 Å². The Kier molecular flexibility index (Phi) is 3.63. The van der Waals surface area contributed by atoms with Gasteiger partial charge in [0.05, 0.1) is 0 Å². The smallest absolute Gasteiger partial charge is 0.169 e. The van der Waals surface area contributed by atoms with E-state index in [1.54, 1.807) is 0 Å². The summed E-state index contributed by atoms with van der Waals surface area (Å²) >= 11 is 3.55. The van der Waals surface area contributed by atoms with Crippen molar-refractivity contribution < 1.29 is 0 Å². The van der Waals surface area contributed by atoms with Crippen LogP contribution in [0.25, 0.3) is 5.65 Å². The molecule has 0 atom stereocenters. The third-order valence-electron chi connectivity index (χ3n) is 3.34. The number of imidazole rings is 1. The summed E-state index contributed by atoms with van der Waals surface area (Å²) in [6.07, 6.45) is 1.86. The average Bonchev–Trinajstić information content (AvgIpc) is 2.88. The Labute approximate surface area is 131 Å². The third-order valence-corrected chi connectivity index (χ3v) is 4.12. The Balaban J connectivity index is 2.00. The number of benzene rings is 1. The Bertz CT molecular complexity index is 832. The first-order valence-electron chi connectivity index (χ1n) is 6.52. The van der Waals surface area contributed by atoms with Crippen LogP contribution in [0.1, 0.15) is 11.3 Å². The van der Waals surface area contributed by atoms with E-state index in [4.69, 9.17) is 0 Å². The summed E-state index contributed by atoms with van der Waals surface area (Å²) in [6, 6.07) is 16.0. The normalized spacial score (nSPS) is 10.5. The fourth-order valence-electron chi connectivity index (χ4n) is 2.31.